The van der Waals surface area contributed by atoms with Crippen LogP contribution in [0.4, 0.5) is 0 Å². The number of rotatable bonds is 20. The van der Waals surface area contributed by atoms with Gasteiger partial charge in [-0.1, -0.05) is 68.4 Å². The molecule has 234 valence electrons. The second-order valence-electron chi connectivity index (χ2n) is 10.9. The third kappa shape index (κ3) is 10.1. The van der Waals surface area contributed by atoms with Crippen LogP contribution in [0.15, 0.2) is 36.4 Å². The number of ether oxygens (including phenoxy) is 4. The largest absolute Gasteiger partial charge is 0.490 e. The van der Waals surface area contributed by atoms with Crippen LogP contribution in [0.25, 0.3) is 6.08 Å². The standard InChI is InChI=1S/C37H56O5/c1-10-26-19-22-35(40-29(13-4)14-5)27(23-26)20-21-34(38)33-24-32(39-28(11-2)12-3)25-36(41-30(15-6)16-7)37(33)42-31(17-8)18-9/h19-25,28-31H,10-18H2,1-9H3. The Morgan fingerprint density at radius 1 is 0.619 bits per heavy atom. The first-order chi connectivity index (χ1) is 20.3. The number of hydrogen-bond donors (Lipinski definition) is 0. The van der Waals surface area contributed by atoms with Gasteiger partial charge in [0.25, 0.3) is 0 Å². The monoisotopic (exact) mass is 580 g/mol. The third-order valence-corrected chi connectivity index (χ3v) is 8.01. The summed E-state index contributed by atoms with van der Waals surface area (Å²) < 4.78 is 25.7. The van der Waals surface area contributed by atoms with Gasteiger partial charge in [-0.25, -0.2) is 0 Å². The van der Waals surface area contributed by atoms with Crippen LogP contribution in [0, 0.1) is 0 Å². The van der Waals surface area contributed by atoms with E-state index in [0.29, 0.717) is 22.8 Å². The number of allylic oxidation sites excluding steroid dienone is 1. The first-order valence-corrected chi connectivity index (χ1v) is 16.5. The molecule has 0 aliphatic heterocycles. The lowest BCUT2D eigenvalue weighted by atomic mass is 10.0. The van der Waals surface area contributed by atoms with Crippen LogP contribution in [-0.4, -0.2) is 30.2 Å². The van der Waals surface area contributed by atoms with Crippen LogP contribution < -0.4 is 18.9 Å². The molecule has 0 N–H and O–H groups in total. The maximum absolute atomic E-state index is 14.0. The Bertz CT molecular complexity index is 1110. The fourth-order valence-electron chi connectivity index (χ4n) is 4.89. The summed E-state index contributed by atoms with van der Waals surface area (Å²) in [6.07, 6.45) is 11.5. The van der Waals surface area contributed by atoms with Crippen molar-refractivity contribution in [3.63, 3.8) is 0 Å². The number of benzene rings is 2. The summed E-state index contributed by atoms with van der Waals surface area (Å²) in [6, 6.07) is 9.96. The molecule has 0 aromatic heterocycles. The molecule has 0 spiro atoms. The lowest BCUT2D eigenvalue weighted by Gasteiger charge is -2.25. The van der Waals surface area contributed by atoms with Gasteiger partial charge in [-0.3, -0.25) is 4.79 Å². The molecule has 5 nitrogen and oxygen atoms in total. The maximum Gasteiger partial charge on any atom is 0.189 e. The average molecular weight is 581 g/mol. The molecule has 0 unspecified atom stereocenters. The van der Waals surface area contributed by atoms with Crippen molar-refractivity contribution in [1.82, 2.24) is 0 Å². The molecule has 0 saturated heterocycles. The second kappa shape index (κ2) is 18.6. The Labute approximate surface area is 256 Å². The first kappa shape index (κ1) is 35.2. The fourth-order valence-corrected chi connectivity index (χ4v) is 4.89. The molecule has 2 aromatic carbocycles. The van der Waals surface area contributed by atoms with Gasteiger partial charge in [-0.15, -0.1) is 0 Å². The van der Waals surface area contributed by atoms with Crippen molar-refractivity contribution in [3.8, 4) is 23.0 Å². The van der Waals surface area contributed by atoms with Crippen LogP contribution in [0.2, 0.25) is 0 Å². The number of aryl methyl sites for hydroxylation is 1. The molecule has 2 aromatic rings. The highest BCUT2D eigenvalue weighted by Gasteiger charge is 2.24. The van der Waals surface area contributed by atoms with Crippen molar-refractivity contribution in [3.05, 3.63) is 53.1 Å². The Balaban J connectivity index is 2.67. The van der Waals surface area contributed by atoms with E-state index in [-0.39, 0.29) is 30.2 Å². The lowest BCUT2D eigenvalue weighted by Crippen LogP contribution is -2.20. The molecule has 0 fully saturated rings. The number of hydrogen-bond acceptors (Lipinski definition) is 5. The van der Waals surface area contributed by atoms with E-state index in [1.807, 2.05) is 24.3 Å². The Kier molecular flexibility index (Phi) is 15.6. The summed E-state index contributed by atoms with van der Waals surface area (Å²) in [7, 11) is 0. The van der Waals surface area contributed by atoms with Gasteiger partial charge in [-0.05, 0) is 93.7 Å². The van der Waals surface area contributed by atoms with Crippen LogP contribution in [0.5, 0.6) is 23.0 Å². The minimum atomic E-state index is -0.157. The Morgan fingerprint density at radius 3 is 1.64 bits per heavy atom. The molecule has 0 atom stereocenters. The predicted molar refractivity (Wildman–Crippen MR) is 176 cm³/mol. The average Bonchev–Trinajstić information content (AvgIpc) is 3.03. The quantitative estimate of drug-likeness (QED) is 0.115. The van der Waals surface area contributed by atoms with Gasteiger partial charge in [0, 0.05) is 11.6 Å². The van der Waals surface area contributed by atoms with Crippen LogP contribution in [0.1, 0.15) is 135 Å². The molecule has 5 heteroatoms. The van der Waals surface area contributed by atoms with Gasteiger partial charge in [-0.2, -0.15) is 0 Å². The summed E-state index contributed by atoms with van der Waals surface area (Å²) >= 11 is 0. The van der Waals surface area contributed by atoms with E-state index in [2.05, 4.69) is 74.4 Å². The highest BCUT2D eigenvalue weighted by Crippen LogP contribution is 2.40. The van der Waals surface area contributed by atoms with Crippen LogP contribution in [-0.2, 0) is 6.42 Å². The topological polar surface area (TPSA) is 54.0 Å². The zero-order chi connectivity index (χ0) is 31.1. The summed E-state index contributed by atoms with van der Waals surface area (Å²) in [5.41, 5.74) is 2.55. The van der Waals surface area contributed by atoms with Gasteiger partial charge in [0.15, 0.2) is 17.3 Å². The molecule has 0 aliphatic carbocycles. The van der Waals surface area contributed by atoms with Crippen molar-refractivity contribution in [2.75, 3.05) is 0 Å². The number of carbonyl (C=O) groups is 1. The third-order valence-electron chi connectivity index (χ3n) is 8.01. The lowest BCUT2D eigenvalue weighted by molar-refractivity contribution is 0.103. The molecule has 0 heterocycles. The van der Waals surface area contributed by atoms with Crippen molar-refractivity contribution < 1.29 is 23.7 Å². The van der Waals surface area contributed by atoms with E-state index in [4.69, 9.17) is 18.9 Å². The van der Waals surface area contributed by atoms with Crippen LogP contribution >= 0.6 is 0 Å². The predicted octanol–water partition coefficient (Wildman–Crippen LogP) is 10.4. The molecule has 0 amide bonds. The molecule has 42 heavy (non-hydrogen) atoms. The summed E-state index contributed by atoms with van der Waals surface area (Å²) in [6.45, 7) is 19.0. The molecule has 2 rings (SSSR count). The smallest absolute Gasteiger partial charge is 0.189 e. The van der Waals surface area contributed by atoms with Gasteiger partial charge < -0.3 is 18.9 Å². The minimum absolute atomic E-state index is 0.0116. The molecule has 0 radical (unpaired) electrons. The molecule has 0 saturated carbocycles. The van der Waals surface area contributed by atoms with E-state index in [0.717, 1.165) is 69.1 Å². The van der Waals surface area contributed by atoms with E-state index < -0.39 is 0 Å². The van der Waals surface area contributed by atoms with Crippen molar-refractivity contribution in [1.29, 1.82) is 0 Å². The zero-order valence-electron chi connectivity index (χ0n) is 27.8. The van der Waals surface area contributed by atoms with Crippen molar-refractivity contribution >= 4 is 11.9 Å². The molecule has 0 bridgehead atoms. The molecular weight excluding hydrogens is 524 g/mol. The second-order valence-corrected chi connectivity index (χ2v) is 10.9. The normalized spacial score (nSPS) is 11.7. The molecule has 0 aliphatic rings. The zero-order valence-corrected chi connectivity index (χ0v) is 27.8. The summed E-state index contributed by atoms with van der Waals surface area (Å²) in [5, 5.41) is 0. The van der Waals surface area contributed by atoms with E-state index in [1.165, 1.54) is 5.56 Å². The van der Waals surface area contributed by atoms with E-state index in [9.17, 15) is 4.79 Å². The van der Waals surface area contributed by atoms with E-state index in [1.54, 1.807) is 6.08 Å². The summed E-state index contributed by atoms with van der Waals surface area (Å²) in [4.78, 5) is 14.0. The summed E-state index contributed by atoms with van der Waals surface area (Å²) in [5.74, 6) is 2.33. The van der Waals surface area contributed by atoms with Crippen molar-refractivity contribution in [2.45, 2.75) is 145 Å². The molecular formula is C37H56O5. The first-order valence-electron chi connectivity index (χ1n) is 16.5. The number of ketones is 1. The Hall–Kier alpha value is -2.95. The SMILES string of the molecule is CCc1ccc(OC(CC)CC)c(C=CC(=O)c2cc(OC(CC)CC)cc(OC(CC)CC)c2OC(CC)CC)c1. The van der Waals surface area contributed by atoms with Gasteiger partial charge in [0.2, 0.25) is 0 Å². The number of carbonyl (C=O) groups excluding carboxylic acids is 1. The van der Waals surface area contributed by atoms with Crippen molar-refractivity contribution in [2.24, 2.45) is 0 Å². The van der Waals surface area contributed by atoms with Gasteiger partial charge >= 0.3 is 0 Å². The maximum atomic E-state index is 14.0. The van der Waals surface area contributed by atoms with Crippen LogP contribution in [0.3, 0.4) is 0 Å². The fraction of sp³-hybridized carbons (Fsp3) is 0.595. The van der Waals surface area contributed by atoms with E-state index >= 15 is 0 Å². The highest BCUT2D eigenvalue weighted by atomic mass is 16.5. The van der Waals surface area contributed by atoms with Gasteiger partial charge in [0.1, 0.15) is 11.5 Å². The Morgan fingerprint density at radius 2 is 1.12 bits per heavy atom. The minimum Gasteiger partial charge on any atom is -0.490 e. The van der Waals surface area contributed by atoms with Gasteiger partial charge in [0.05, 0.1) is 30.0 Å². The highest BCUT2D eigenvalue weighted by molar-refractivity contribution is 6.09.